The Bertz CT molecular complexity index is 1050. The molecule has 6 heteroatoms. The highest BCUT2D eigenvalue weighted by atomic mass is 35.5. The lowest BCUT2D eigenvalue weighted by Crippen LogP contribution is -2.14. The highest BCUT2D eigenvalue weighted by Gasteiger charge is 2.24. The molecule has 0 unspecified atom stereocenters. The first kappa shape index (κ1) is 29.7. The Balaban J connectivity index is 1.27. The van der Waals surface area contributed by atoms with Crippen LogP contribution < -0.4 is 5.32 Å². The zero-order valence-electron chi connectivity index (χ0n) is 23.8. The van der Waals surface area contributed by atoms with Crippen molar-refractivity contribution in [3.05, 3.63) is 40.5 Å². The molecule has 0 bridgehead atoms. The van der Waals surface area contributed by atoms with Gasteiger partial charge in [0.1, 0.15) is 5.02 Å². The molecule has 3 aromatic rings. The summed E-state index contributed by atoms with van der Waals surface area (Å²) in [6.45, 7) is 10.6. The predicted octanol–water partition coefficient (Wildman–Crippen LogP) is 9.25. The molecular formula is C31H50ClN5. The summed E-state index contributed by atoms with van der Waals surface area (Å²) in [5.41, 5.74) is 3.82. The zero-order chi connectivity index (χ0) is 26.5. The van der Waals surface area contributed by atoms with Crippen LogP contribution in [-0.2, 0) is 12.0 Å². The highest BCUT2D eigenvalue weighted by Crippen LogP contribution is 2.31. The van der Waals surface area contributed by atoms with E-state index in [1.165, 1.54) is 95.5 Å². The van der Waals surface area contributed by atoms with Crippen LogP contribution in [0.15, 0.2) is 24.3 Å². The zero-order valence-corrected chi connectivity index (χ0v) is 24.6. The van der Waals surface area contributed by atoms with E-state index in [1.54, 1.807) is 4.63 Å². The number of rotatable bonds is 18. The van der Waals surface area contributed by atoms with Crippen molar-refractivity contribution >= 4 is 17.2 Å². The number of aromatic amines is 1. The maximum absolute atomic E-state index is 6.59. The van der Waals surface area contributed by atoms with Gasteiger partial charge in [0.25, 0.3) is 0 Å². The molecule has 0 saturated heterocycles. The van der Waals surface area contributed by atoms with Gasteiger partial charge in [-0.2, -0.15) is 4.63 Å². The second-order valence-electron chi connectivity index (χ2n) is 11.7. The minimum atomic E-state index is -0.0852. The average Bonchev–Trinajstić information content (AvgIpc) is 3.43. The summed E-state index contributed by atoms with van der Waals surface area (Å²) in [5.74, 6) is 0.697. The smallest absolute Gasteiger partial charge is 0.194 e. The number of halogens is 1. The summed E-state index contributed by atoms with van der Waals surface area (Å²) < 4.78 is 1.69. The molecule has 0 spiro atoms. The Hall–Kier alpha value is -1.85. The normalized spacial score (nSPS) is 12.1. The molecule has 37 heavy (non-hydrogen) atoms. The summed E-state index contributed by atoms with van der Waals surface area (Å²) >= 11 is 6.59. The van der Waals surface area contributed by atoms with E-state index in [1.807, 2.05) is 0 Å². The van der Waals surface area contributed by atoms with Crippen molar-refractivity contribution in [2.45, 2.75) is 130 Å². The summed E-state index contributed by atoms with van der Waals surface area (Å²) in [6.07, 6.45) is 19.6. The van der Waals surface area contributed by atoms with Crippen LogP contribution in [0.25, 0.3) is 17.0 Å². The van der Waals surface area contributed by atoms with Gasteiger partial charge in [0.05, 0.1) is 5.69 Å². The number of benzene rings is 1. The van der Waals surface area contributed by atoms with Crippen LogP contribution in [0, 0.1) is 0 Å². The van der Waals surface area contributed by atoms with E-state index in [0.717, 1.165) is 24.3 Å². The lowest BCUT2D eigenvalue weighted by atomic mass is 9.92. The SMILES string of the molecule is CCCCCCCCCCCCCCCCNCc1cccc(-c2nc3c(Cl)c(C(C)(C)C)[nH]n3n2)c1. The van der Waals surface area contributed by atoms with Crippen LogP contribution in [0.4, 0.5) is 0 Å². The molecule has 0 amide bonds. The Morgan fingerprint density at radius 3 is 2.03 bits per heavy atom. The van der Waals surface area contributed by atoms with E-state index in [0.29, 0.717) is 16.5 Å². The van der Waals surface area contributed by atoms with Crippen molar-refractivity contribution in [2.75, 3.05) is 6.54 Å². The van der Waals surface area contributed by atoms with Crippen LogP contribution in [0.3, 0.4) is 0 Å². The lowest BCUT2D eigenvalue weighted by Gasteiger charge is -2.16. The van der Waals surface area contributed by atoms with Crippen molar-refractivity contribution in [1.29, 1.82) is 0 Å². The third-order valence-corrected chi connectivity index (χ3v) is 7.57. The van der Waals surface area contributed by atoms with Crippen molar-refractivity contribution < 1.29 is 0 Å². The standard InChI is InChI=1S/C31H50ClN5/c1-5-6-7-8-9-10-11-12-13-14-15-16-17-18-22-33-24-25-20-19-21-26(23-25)29-34-30-27(32)28(31(2,3)4)35-37(30)36-29/h19-21,23,33,35H,5-18,22,24H2,1-4H3. The molecule has 206 valence electrons. The molecule has 5 nitrogen and oxygen atoms in total. The molecule has 1 aromatic carbocycles. The molecule has 0 saturated carbocycles. The molecule has 0 atom stereocenters. The van der Waals surface area contributed by atoms with Crippen LogP contribution >= 0.6 is 11.6 Å². The van der Waals surface area contributed by atoms with E-state index in [2.05, 4.69) is 67.5 Å². The van der Waals surface area contributed by atoms with E-state index >= 15 is 0 Å². The number of unbranched alkanes of at least 4 members (excludes halogenated alkanes) is 13. The highest BCUT2D eigenvalue weighted by molar-refractivity contribution is 6.34. The largest absolute Gasteiger partial charge is 0.313 e. The third kappa shape index (κ3) is 9.76. The van der Waals surface area contributed by atoms with Gasteiger partial charge in [-0.15, -0.1) is 5.10 Å². The third-order valence-electron chi connectivity index (χ3n) is 7.21. The van der Waals surface area contributed by atoms with Gasteiger partial charge in [0, 0.05) is 17.5 Å². The number of nitrogens with one attached hydrogen (secondary N) is 2. The summed E-state index contributed by atoms with van der Waals surface area (Å²) in [4.78, 5) is 4.71. The number of hydrogen-bond acceptors (Lipinski definition) is 3. The average molecular weight is 528 g/mol. The molecule has 0 radical (unpaired) electrons. The molecule has 2 N–H and O–H groups in total. The summed E-state index contributed by atoms with van der Waals surface area (Å²) in [7, 11) is 0. The number of fused-ring (bicyclic) bond motifs is 1. The fraction of sp³-hybridized carbons (Fsp3) is 0.677. The number of nitrogens with zero attached hydrogens (tertiary/aromatic N) is 3. The number of aromatic nitrogens is 4. The second kappa shape index (κ2) is 15.5. The topological polar surface area (TPSA) is 58.0 Å². The predicted molar refractivity (Wildman–Crippen MR) is 159 cm³/mol. The van der Waals surface area contributed by atoms with Gasteiger partial charge in [-0.3, -0.25) is 5.10 Å². The Kier molecular flexibility index (Phi) is 12.5. The van der Waals surface area contributed by atoms with Crippen LogP contribution in [-0.4, -0.2) is 26.4 Å². The molecule has 0 aliphatic rings. The van der Waals surface area contributed by atoms with Gasteiger partial charge in [0.15, 0.2) is 11.5 Å². The molecule has 2 aromatic heterocycles. The molecule has 2 heterocycles. The quantitative estimate of drug-likeness (QED) is 0.162. The Morgan fingerprint density at radius 1 is 0.865 bits per heavy atom. The molecular weight excluding hydrogens is 478 g/mol. The first-order chi connectivity index (χ1) is 17.9. The van der Waals surface area contributed by atoms with E-state index < -0.39 is 0 Å². The van der Waals surface area contributed by atoms with E-state index in [-0.39, 0.29) is 5.41 Å². The van der Waals surface area contributed by atoms with Gasteiger partial charge in [-0.25, -0.2) is 4.98 Å². The number of H-pyrrole nitrogens is 1. The van der Waals surface area contributed by atoms with Crippen molar-refractivity contribution in [3.8, 4) is 11.4 Å². The molecule has 3 rings (SSSR count). The van der Waals surface area contributed by atoms with Crippen LogP contribution in [0.2, 0.25) is 5.02 Å². The Morgan fingerprint density at radius 2 is 1.46 bits per heavy atom. The first-order valence-electron chi connectivity index (χ1n) is 14.8. The molecule has 0 aliphatic carbocycles. The molecule has 0 aliphatic heterocycles. The van der Waals surface area contributed by atoms with Gasteiger partial charge >= 0.3 is 0 Å². The van der Waals surface area contributed by atoms with Crippen molar-refractivity contribution in [1.82, 2.24) is 25.1 Å². The monoisotopic (exact) mass is 527 g/mol. The Labute approximate surface area is 230 Å². The lowest BCUT2D eigenvalue weighted by molar-refractivity contribution is 0.529. The van der Waals surface area contributed by atoms with Crippen LogP contribution in [0.5, 0.6) is 0 Å². The van der Waals surface area contributed by atoms with Gasteiger partial charge in [0.2, 0.25) is 0 Å². The number of hydrogen-bond donors (Lipinski definition) is 2. The fourth-order valence-corrected chi connectivity index (χ4v) is 5.36. The van der Waals surface area contributed by atoms with Gasteiger partial charge in [-0.05, 0) is 24.6 Å². The van der Waals surface area contributed by atoms with Crippen molar-refractivity contribution in [2.24, 2.45) is 0 Å². The van der Waals surface area contributed by atoms with Crippen LogP contribution in [0.1, 0.15) is 129 Å². The summed E-state index contributed by atoms with van der Waals surface area (Å²) in [6, 6.07) is 8.47. The second-order valence-corrected chi connectivity index (χ2v) is 12.1. The fourth-order valence-electron chi connectivity index (χ4n) is 4.92. The molecule has 0 fully saturated rings. The van der Waals surface area contributed by atoms with E-state index in [9.17, 15) is 0 Å². The minimum absolute atomic E-state index is 0.0852. The van der Waals surface area contributed by atoms with Gasteiger partial charge in [-0.1, -0.05) is 141 Å². The minimum Gasteiger partial charge on any atom is -0.313 e. The van der Waals surface area contributed by atoms with Gasteiger partial charge < -0.3 is 5.32 Å². The maximum atomic E-state index is 6.59. The maximum Gasteiger partial charge on any atom is 0.194 e. The summed E-state index contributed by atoms with van der Waals surface area (Å²) in [5, 5.41) is 12.2. The first-order valence-corrected chi connectivity index (χ1v) is 15.2. The van der Waals surface area contributed by atoms with Crippen molar-refractivity contribution in [3.63, 3.8) is 0 Å². The van der Waals surface area contributed by atoms with E-state index in [4.69, 9.17) is 16.6 Å².